The van der Waals surface area contributed by atoms with E-state index >= 15 is 0 Å². The molecule has 3 rings (SSSR count). The molecule has 0 unspecified atom stereocenters. The molecule has 6 nitrogen and oxygen atoms in total. The zero-order valence-corrected chi connectivity index (χ0v) is 18.3. The number of amides is 2. The minimum atomic E-state index is -0.385. The minimum Gasteiger partial charge on any atom is -0.496 e. The Hall–Kier alpha value is -2.28. The van der Waals surface area contributed by atoms with Crippen molar-refractivity contribution in [1.29, 1.82) is 0 Å². The molecule has 2 N–H and O–H groups in total. The summed E-state index contributed by atoms with van der Waals surface area (Å²) < 4.78 is 5.52. The maximum absolute atomic E-state index is 12.4. The predicted octanol–water partition coefficient (Wildman–Crippen LogP) is 3.69. The van der Waals surface area contributed by atoms with E-state index in [4.69, 9.17) is 27.9 Å². The number of halogens is 2. The van der Waals surface area contributed by atoms with Gasteiger partial charge < -0.3 is 15.4 Å². The summed E-state index contributed by atoms with van der Waals surface area (Å²) in [7, 11) is 1.65. The SMILES string of the molecule is COc1ccccc1[C@H](CNC(=O)CNC(=O)c1ccc(Cl)c(Cl)c1)N1CCCC1. The topological polar surface area (TPSA) is 70.7 Å². The molecular formula is C22H25Cl2N3O3. The summed E-state index contributed by atoms with van der Waals surface area (Å²) in [5, 5.41) is 6.21. The van der Waals surface area contributed by atoms with Crippen LogP contribution in [0.2, 0.25) is 10.0 Å². The average molecular weight is 450 g/mol. The Labute approximate surface area is 186 Å². The molecule has 160 valence electrons. The summed E-state index contributed by atoms with van der Waals surface area (Å²) in [4.78, 5) is 27.0. The lowest BCUT2D eigenvalue weighted by Crippen LogP contribution is -2.41. The number of para-hydroxylation sites is 1. The van der Waals surface area contributed by atoms with E-state index in [1.54, 1.807) is 19.2 Å². The Kier molecular flexibility index (Phi) is 7.96. The first-order chi connectivity index (χ1) is 14.5. The summed E-state index contributed by atoms with van der Waals surface area (Å²) in [5.74, 6) is 0.156. The Balaban J connectivity index is 1.59. The normalized spacial score (nSPS) is 14.9. The van der Waals surface area contributed by atoms with Crippen LogP contribution in [0.3, 0.4) is 0 Å². The van der Waals surface area contributed by atoms with Gasteiger partial charge in [0.15, 0.2) is 0 Å². The number of carbonyl (C=O) groups is 2. The van der Waals surface area contributed by atoms with Crippen LogP contribution in [-0.4, -0.2) is 50.0 Å². The molecule has 1 aliphatic heterocycles. The molecule has 0 bridgehead atoms. The number of hydrogen-bond acceptors (Lipinski definition) is 4. The summed E-state index contributed by atoms with van der Waals surface area (Å²) in [6, 6.07) is 12.5. The van der Waals surface area contributed by atoms with E-state index in [0.29, 0.717) is 22.2 Å². The predicted molar refractivity (Wildman–Crippen MR) is 118 cm³/mol. The molecule has 0 spiro atoms. The molecule has 2 amide bonds. The molecule has 1 saturated heterocycles. The molecule has 8 heteroatoms. The second kappa shape index (κ2) is 10.7. The first kappa shape index (κ1) is 22.4. The Morgan fingerprint density at radius 1 is 1.07 bits per heavy atom. The van der Waals surface area contributed by atoms with Gasteiger partial charge in [-0.2, -0.15) is 0 Å². The van der Waals surface area contributed by atoms with Crippen molar-refractivity contribution in [2.45, 2.75) is 18.9 Å². The molecule has 0 radical (unpaired) electrons. The minimum absolute atomic E-state index is 0.0124. The van der Waals surface area contributed by atoms with Gasteiger partial charge in [-0.3, -0.25) is 14.5 Å². The quantitative estimate of drug-likeness (QED) is 0.644. The number of nitrogens with one attached hydrogen (secondary N) is 2. The van der Waals surface area contributed by atoms with Gasteiger partial charge in [-0.1, -0.05) is 41.4 Å². The number of likely N-dealkylation sites (tertiary alicyclic amines) is 1. The van der Waals surface area contributed by atoms with Crippen LogP contribution in [0.4, 0.5) is 0 Å². The second-order valence-electron chi connectivity index (χ2n) is 7.12. The van der Waals surface area contributed by atoms with Crippen LogP contribution in [-0.2, 0) is 4.79 Å². The van der Waals surface area contributed by atoms with E-state index in [1.165, 1.54) is 6.07 Å². The lowest BCUT2D eigenvalue weighted by molar-refractivity contribution is -0.120. The van der Waals surface area contributed by atoms with Crippen molar-refractivity contribution < 1.29 is 14.3 Å². The summed E-state index contributed by atoms with van der Waals surface area (Å²) in [6.45, 7) is 2.26. The number of nitrogens with zero attached hydrogens (tertiary/aromatic N) is 1. The zero-order chi connectivity index (χ0) is 21.5. The van der Waals surface area contributed by atoms with Crippen molar-refractivity contribution >= 4 is 35.0 Å². The molecule has 1 aliphatic rings. The van der Waals surface area contributed by atoms with E-state index in [-0.39, 0.29) is 24.4 Å². The first-order valence-corrected chi connectivity index (χ1v) is 10.6. The van der Waals surface area contributed by atoms with Crippen LogP contribution in [0.1, 0.15) is 34.8 Å². The van der Waals surface area contributed by atoms with Crippen LogP contribution < -0.4 is 15.4 Å². The smallest absolute Gasteiger partial charge is 0.251 e. The van der Waals surface area contributed by atoms with Crippen molar-refractivity contribution in [2.75, 3.05) is 33.3 Å². The van der Waals surface area contributed by atoms with E-state index in [9.17, 15) is 9.59 Å². The number of ether oxygens (including phenoxy) is 1. The van der Waals surface area contributed by atoms with Gasteiger partial charge in [-0.15, -0.1) is 0 Å². The van der Waals surface area contributed by atoms with Crippen LogP contribution in [0.25, 0.3) is 0 Å². The van der Waals surface area contributed by atoms with Crippen LogP contribution in [0.5, 0.6) is 5.75 Å². The molecule has 0 aromatic heterocycles. The largest absolute Gasteiger partial charge is 0.496 e. The molecule has 1 fully saturated rings. The molecule has 0 saturated carbocycles. The second-order valence-corrected chi connectivity index (χ2v) is 7.93. The molecule has 0 aliphatic carbocycles. The number of rotatable bonds is 8. The summed E-state index contributed by atoms with van der Waals surface area (Å²) in [5.41, 5.74) is 1.39. The van der Waals surface area contributed by atoms with Crippen LogP contribution >= 0.6 is 23.2 Å². The summed E-state index contributed by atoms with van der Waals surface area (Å²) in [6.07, 6.45) is 2.28. The van der Waals surface area contributed by atoms with Gasteiger partial charge in [0.1, 0.15) is 5.75 Å². The monoisotopic (exact) mass is 449 g/mol. The Morgan fingerprint density at radius 3 is 2.50 bits per heavy atom. The van der Waals surface area contributed by atoms with E-state index < -0.39 is 0 Å². The van der Waals surface area contributed by atoms with E-state index in [2.05, 4.69) is 15.5 Å². The zero-order valence-electron chi connectivity index (χ0n) is 16.8. The van der Waals surface area contributed by atoms with Gasteiger partial charge in [0, 0.05) is 17.7 Å². The third kappa shape index (κ3) is 5.65. The van der Waals surface area contributed by atoms with E-state index in [0.717, 1.165) is 37.2 Å². The fourth-order valence-corrected chi connectivity index (χ4v) is 3.90. The van der Waals surface area contributed by atoms with E-state index in [1.807, 2.05) is 24.3 Å². The molecular weight excluding hydrogens is 425 g/mol. The fourth-order valence-electron chi connectivity index (χ4n) is 3.60. The van der Waals surface area contributed by atoms with Crippen LogP contribution in [0.15, 0.2) is 42.5 Å². The first-order valence-electron chi connectivity index (χ1n) is 9.86. The molecule has 1 heterocycles. The lowest BCUT2D eigenvalue weighted by Gasteiger charge is -2.29. The van der Waals surface area contributed by atoms with Gasteiger partial charge in [0.25, 0.3) is 5.91 Å². The number of carbonyl (C=O) groups excluding carboxylic acids is 2. The highest BCUT2D eigenvalue weighted by molar-refractivity contribution is 6.42. The number of hydrogen-bond donors (Lipinski definition) is 2. The highest BCUT2D eigenvalue weighted by Crippen LogP contribution is 2.31. The third-order valence-electron chi connectivity index (χ3n) is 5.16. The van der Waals surface area contributed by atoms with Crippen molar-refractivity contribution in [3.05, 3.63) is 63.6 Å². The molecule has 30 heavy (non-hydrogen) atoms. The number of methoxy groups -OCH3 is 1. The lowest BCUT2D eigenvalue weighted by atomic mass is 10.0. The van der Waals surface area contributed by atoms with Crippen LogP contribution in [0, 0.1) is 0 Å². The van der Waals surface area contributed by atoms with Gasteiger partial charge in [-0.05, 0) is 50.2 Å². The molecule has 2 aromatic rings. The van der Waals surface area contributed by atoms with Gasteiger partial charge in [-0.25, -0.2) is 0 Å². The van der Waals surface area contributed by atoms with Gasteiger partial charge >= 0.3 is 0 Å². The van der Waals surface area contributed by atoms with Gasteiger partial charge in [0.2, 0.25) is 5.91 Å². The molecule has 1 atom stereocenters. The Morgan fingerprint density at radius 2 is 1.80 bits per heavy atom. The third-order valence-corrected chi connectivity index (χ3v) is 5.90. The highest BCUT2D eigenvalue weighted by atomic mass is 35.5. The summed E-state index contributed by atoms with van der Waals surface area (Å²) >= 11 is 11.8. The van der Waals surface area contributed by atoms with Crippen molar-refractivity contribution in [3.8, 4) is 5.75 Å². The maximum Gasteiger partial charge on any atom is 0.251 e. The fraction of sp³-hybridized carbons (Fsp3) is 0.364. The van der Waals surface area contributed by atoms with Crippen molar-refractivity contribution in [2.24, 2.45) is 0 Å². The maximum atomic E-state index is 12.4. The van der Waals surface area contributed by atoms with Gasteiger partial charge in [0.05, 0.1) is 29.7 Å². The Bertz CT molecular complexity index is 901. The standard InChI is InChI=1S/C22H25Cl2N3O3/c1-30-20-7-3-2-6-16(20)19(27-10-4-5-11-27)13-25-21(28)14-26-22(29)15-8-9-17(23)18(24)12-15/h2-3,6-9,12,19H,4-5,10-11,13-14H2,1H3,(H,25,28)(H,26,29)/t19-/m0/s1. The average Bonchev–Trinajstić information content (AvgIpc) is 3.29. The molecule has 2 aromatic carbocycles. The van der Waals surface area contributed by atoms with Crippen molar-refractivity contribution in [1.82, 2.24) is 15.5 Å². The number of benzene rings is 2. The highest BCUT2D eigenvalue weighted by Gasteiger charge is 2.26. The van der Waals surface area contributed by atoms with Crippen molar-refractivity contribution in [3.63, 3.8) is 0 Å².